The smallest absolute Gasteiger partial charge is 0.0810 e. The van der Waals surface area contributed by atoms with E-state index in [0.717, 1.165) is 42.9 Å². The maximum atomic E-state index is 10.1. The number of aliphatic hydroxyl groups excluding tert-OH is 1. The van der Waals surface area contributed by atoms with Crippen LogP contribution in [0.4, 0.5) is 5.69 Å². The van der Waals surface area contributed by atoms with Crippen LogP contribution in [0.2, 0.25) is 0 Å². The second kappa shape index (κ2) is 5.08. The van der Waals surface area contributed by atoms with Gasteiger partial charge in [-0.3, -0.25) is 0 Å². The van der Waals surface area contributed by atoms with Gasteiger partial charge < -0.3 is 10.0 Å². The normalized spacial score (nSPS) is 19.4. The molecule has 1 aliphatic heterocycles. The minimum absolute atomic E-state index is 0.332. The Bertz CT molecular complexity index is 512. The monoisotopic (exact) mass is 260 g/mol. The first-order valence-corrected chi connectivity index (χ1v) is 7.18. The van der Waals surface area contributed by atoms with Crippen LogP contribution >= 0.6 is 11.3 Å². The predicted octanol–water partition coefficient (Wildman–Crippen LogP) is 2.98. The fourth-order valence-corrected chi connectivity index (χ4v) is 3.03. The molecule has 18 heavy (non-hydrogen) atoms. The first-order chi connectivity index (χ1) is 8.84. The van der Waals surface area contributed by atoms with Gasteiger partial charge in [0, 0.05) is 23.2 Å². The van der Waals surface area contributed by atoms with Crippen molar-refractivity contribution in [3.63, 3.8) is 0 Å². The van der Waals surface area contributed by atoms with Gasteiger partial charge in [-0.25, -0.2) is 4.98 Å². The van der Waals surface area contributed by atoms with Crippen molar-refractivity contribution in [1.82, 2.24) is 4.98 Å². The molecule has 0 radical (unpaired) electrons. The van der Waals surface area contributed by atoms with Crippen molar-refractivity contribution >= 4 is 17.0 Å². The molecule has 1 N–H and O–H groups in total. The molecule has 1 aromatic carbocycles. The van der Waals surface area contributed by atoms with Crippen LogP contribution < -0.4 is 4.90 Å². The average molecular weight is 260 g/mol. The highest BCUT2D eigenvalue weighted by atomic mass is 32.1. The van der Waals surface area contributed by atoms with Crippen LogP contribution in [0.5, 0.6) is 0 Å². The van der Waals surface area contributed by atoms with E-state index in [1.54, 1.807) is 11.3 Å². The topological polar surface area (TPSA) is 36.4 Å². The number of thiazole rings is 1. The molecule has 1 unspecified atom stereocenters. The molecule has 1 aliphatic rings. The Hall–Kier alpha value is -1.39. The zero-order valence-electron chi connectivity index (χ0n) is 10.1. The molecule has 1 aromatic heterocycles. The Balaban J connectivity index is 1.92. The molecular weight excluding hydrogens is 244 g/mol. The van der Waals surface area contributed by atoms with Crippen molar-refractivity contribution in [1.29, 1.82) is 0 Å². The van der Waals surface area contributed by atoms with Gasteiger partial charge in [0.15, 0.2) is 0 Å². The Morgan fingerprint density at radius 1 is 1.39 bits per heavy atom. The third-order valence-electron chi connectivity index (χ3n) is 3.38. The zero-order chi connectivity index (χ0) is 12.4. The Kier molecular flexibility index (Phi) is 3.30. The summed E-state index contributed by atoms with van der Waals surface area (Å²) in [5.41, 5.74) is 5.17. The number of aromatic nitrogens is 1. The Morgan fingerprint density at radius 2 is 2.28 bits per heavy atom. The molecule has 94 valence electrons. The number of rotatable bonds is 2. The van der Waals surface area contributed by atoms with Crippen molar-refractivity contribution in [2.45, 2.75) is 25.5 Å². The standard InChI is InChI=1S/C14H16N2OS/c17-14-6-3-7-16(8-11-9-18-10-15-11)13-5-2-1-4-12(13)14/h1-2,4-5,9-10,14,17H,3,6-8H2. The molecule has 1 atom stereocenters. The van der Waals surface area contributed by atoms with E-state index in [1.165, 1.54) is 0 Å². The van der Waals surface area contributed by atoms with Gasteiger partial charge in [-0.15, -0.1) is 11.3 Å². The summed E-state index contributed by atoms with van der Waals surface area (Å²) in [5.74, 6) is 0. The van der Waals surface area contributed by atoms with Gasteiger partial charge in [-0.05, 0) is 18.9 Å². The summed E-state index contributed by atoms with van der Waals surface area (Å²) in [6, 6.07) is 8.15. The van der Waals surface area contributed by atoms with Crippen molar-refractivity contribution in [3.05, 3.63) is 46.4 Å². The molecule has 0 saturated carbocycles. The van der Waals surface area contributed by atoms with E-state index in [1.807, 2.05) is 23.7 Å². The largest absolute Gasteiger partial charge is 0.388 e. The molecule has 0 saturated heterocycles. The van der Waals surface area contributed by atoms with Gasteiger partial charge in [-0.2, -0.15) is 0 Å². The third-order valence-corrected chi connectivity index (χ3v) is 4.01. The Labute approximate surface area is 111 Å². The second-order valence-corrected chi connectivity index (χ2v) is 5.34. The van der Waals surface area contributed by atoms with E-state index in [0.29, 0.717) is 0 Å². The van der Waals surface area contributed by atoms with Gasteiger partial charge in [0.1, 0.15) is 0 Å². The van der Waals surface area contributed by atoms with Crippen LogP contribution in [0, 0.1) is 0 Å². The molecule has 4 heteroatoms. The zero-order valence-corrected chi connectivity index (χ0v) is 10.9. The predicted molar refractivity (Wildman–Crippen MR) is 73.8 cm³/mol. The highest BCUT2D eigenvalue weighted by molar-refractivity contribution is 7.07. The summed E-state index contributed by atoms with van der Waals surface area (Å²) < 4.78 is 0. The van der Waals surface area contributed by atoms with Crippen molar-refractivity contribution < 1.29 is 5.11 Å². The molecule has 2 aromatic rings. The van der Waals surface area contributed by atoms with Crippen LogP contribution in [0.15, 0.2) is 35.2 Å². The van der Waals surface area contributed by atoms with Gasteiger partial charge >= 0.3 is 0 Å². The molecular formula is C14H16N2OS. The van der Waals surface area contributed by atoms with Crippen molar-refractivity contribution in [2.75, 3.05) is 11.4 Å². The first kappa shape index (κ1) is 11.7. The lowest BCUT2D eigenvalue weighted by Gasteiger charge is -2.24. The number of nitrogens with zero attached hydrogens (tertiary/aromatic N) is 2. The van der Waals surface area contributed by atoms with Crippen molar-refractivity contribution in [3.8, 4) is 0 Å². The maximum Gasteiger partial charge on any atom is 0.0810 e. The highest BCUT2D eigenvalue weighted by Gasteiger charge is 2.21. The van der Waals surface area contributed by atoms with E-state index >= 15 is 0 Å². The van der Waals surface area contributed by atoms with Crippen LogP contribution in [0.3, 0.4) is 0 Å². The molecule has 0 fully saturated rings. The quantitative estimate of drug-likeness (QED) is 0.902. The maximum absolute atomic E-state index is 10.1. The summed E-state index contributed by atoms with van der Waals surface area (Å²) in [5, 5.41) is 12.2. The summed E-state index contributed by atoms with van der Waals surface area (Å²) >= 11 is 1.63. The van der Waals surface area contributed by atoms with Crippen LogP contribution in [0.25, 0.3) is 0 Å². The minimum Gasteiger partial charge on any atom is -0.388 e. The lowest BCUT2D eigenvalue weighted by Crippen LogP contribution is -2.23. The molecule has 0 spiro atoms. The van der Waals surface area contributed by atoms with Crippen LogP contribution in [-0.4, -0.2) is 16.6 Å². The molecule has 0 amide bonds. The van der Waals surface area contributed by atoms with E-state index in [4.69, 9.17) is 0 Å². The van der Waals surface area contributed by atoms with Gasteiger partial charge in [-0.1, -0.05) is 18.2 Å². The minimum atomic E-state index is -0.332. The van der Waals surface area contributed by atoms with E-state index in [2.05, 4.69) is 21.3 Å². The highest BCUT2D eigenvalue weighted by Crippen LogP contribution is 2.33. The third kappa shape index (κ3) is 2.26. The summed E-state index contributed by atoms with van der Waals surface area (Å²) in [7, 11) is 0. The van der Waals surface area contributed by atoms with E-state index < -0.39 is 0 Å². The number of aliphatic hydroxyl groups is 1. The average Bonchev–Trinajstić information content (AvgIpc) is 2.85. The summed E-state index contributed by atoms with van der Waals surface area (Å²) in [6.45, 7) is 1.80. The number of hydrogen-bond donors (Lipinski definition) is 1. The number of benzene rings is 1. The lowest BCUT2D eigenvalue weighted by atomic mass is 10.0. The SMILES string of the molecule is OC1CCCN(Cc2cscn2)c2ccccc21. The Morgan fingerprint density at radius 3 is 3.11 bits per heavy atom. The fraction of sp³-hybridized carbons (Fsp3) is 0.357. The van der Waals surface area contributed by atoms with Gasteiger partial charge in [0.2, 0.25) is 0 Å². The van der Waals surface area contributed by atoms with E-state index in [9.17, 15) is 5.11 Å². The van der Waals surface area contributed by atoms with Crippen molar-refractivity contribution in [2.24, 2.45) is 0 Å². The molecule has 0 aliphatic carbocycles. The van der Waals surface area contributed by atoms with Gasteiger partial charge in [0.05, 0.1) is 23.9 Å². The number of fused-ring (bicyclic) bond motifs is 1. The fourth-order valence-electron chi connectivity index (χ4n) is 2.48. The number of anilines is 1. The van der Waals surface area contributed by atoms with Gasteiger partial charge in [0.25, 0.3) is 0 Å². The summed E-state index contributed by atoms with van der Waals surface area (Å²) in [6.07, 6.45) is 1.52. The van der Waals surface area contributed by atoms with E-state index in [-0.39, 0.29) is 6.10 Å². The number of hydrogen-bond acceptors (Lipinski definition) is 4. The van der Waals surface area contributed by atoms with Crippen LogP contribution in [0.1, 0.15) is 30.2 Å². The molecule has 3 rings (SSSR count). The molecule has 0 bridgehead atoms. The molecule has 2 heterocycles. The van der Waals surface area contributed by atoms with Crippen LogP contribution in [-0.2, 0) is 6.54 Å². The number of para-hydroxylation sites is 1. The first-order valence-electron chi connectivity index (χ1n) is 6.23. The second-order valence-electron chi connectivity index (χ2n) is 4.62. The lowest BCUT2D eigenvalue weighted by molar-refractivity contribution is 0.168. The summed E-state index contributed by atoms with van der Waals surface area (Å²) in [4.78, 5) is 6.67. The molecule has 3 nitrogen and oxygen atoms in total.